The third kappa shape index (κ3) is 7.70. The Labute approximate surface area is 307 Å². The minimum Gasteiger partial charge on any atom is -0.493 e. The molecular weight excluding hydrogens is 731 g/mol. The van der Waals surface area contributed by atoms with Gasteiger partial charge >= 0.3 is 0 Å². The van der Waals surface area contributed by atoms with Gasteiger partial charge in [-0.1, -0.05) is 26.0 Å². The molecule has 6 rings (SSSR count). The Morgan fingerprint density at radius 3 is 2.04 bits per heavy atom. The summed E-state index contributed by atoms with van der Waals surface area (Å²) in [5, 5.41) is 14.0. The van der Waals surface area contributed by atoms with Crippen LogP contribution in [0.1, 0.15) is 47.4 Å². The van der Waals surface area contributed by atoms with Crippen LogP contribution in [0, 0.1) is 5.41 Å². The molecule has 0 aliphatic carbocycles. The molecule has 3 amide bonds. The maximum atomic E-state index is 14.0. The summed E-state index contributed by atoms with van der Waals surface area (Å²) in [6.45, 7) is 7.84. The lowest BCUT2D eigenvalue weighted by atomic mass is 9.90. The van der Waals surface area contributed by atoms with Crippen LogP contribution in [-0.2, 0) is 19.5 Å². The first-order chi connectivity index (χ1) is 25.0. The van der Waals surface area contributed by atoms with Gasteiger partial charge in [0, 0.05) is 50.3 Å². The van der Waals surface area contributed by atoms with E-state index in [1.54, 1.807) is 0 Å². The van der Waals surface area contributed by atoms with Crippen LogP contribution in [0.15, 0.2) is 36.4 Å². The zero-order valence-corrected chi connectivity index (χ0v) is 31.8. The van der Waals surface area contributed by atoms with Gasteiger partial charge in [-0.05, 0) is 30.4 Å². The van der Waals surface area contributed by atoms with Gasteiger partial charge in [0.15, 0.2) is 28.4 Å². The SMILES string of the molecule is C=C1C[C@H]2C(=O)Nc3cc(OCCP(=O)(CCO)CCOc4cc5c(cc4OC)C(=O)N4CC(C)(C)C[C@H]4C(S(=O)(=O)O)N5)c(OC)cc3C(=O)N2C1. The van der Waals surface area contributed by atoms with E-state index >= 15 is 0 Å². The second-order valence-electron chi connectivity index (χ2n) is 14.6. The maximum absolute atomic E-state index is 14.0. The quantitative estimate of drug-likeness (QED) is 0.131. The first-order valence-corrected chi connectivity index (χ1v) is 20.9. The summed E-state index contributed by atoms with van der Waals surface area (Å²) in [4.78, 5) is 42.9. The van der Waals surface area contributed by atoms with E-state index < -0.39 is 40.6 Å². The number of hydrogen-bond acceptors (Lipinski definition) is 12. The van der Waals surface area contributed by atoms with Crippen molar-refractivity contribution in [1.82, 2.24) is 9.80 Å². The Hall–Kier alpha value is -4.31. The van der Waals surface area contributed by atoms with Gasteiger partial charge in [-0.3, -0.25) is 18.9 Å². The molecule has 2 aromatic rings. The predicted molar refractivity (Wildman–Crippen MR) is 196 cm³/mol. The Bertz CT molecular complexity index is 2000. The summed E-state index contributed by atoms with van der Waals surface area (Å²) < 4.78 is 72.2. The predicted octanol–water partition coefficient (Wildman–Crippen LogP) is 3.12. The van der Waals surface area contributed by atoms with Crippen molar-refractivity contribution >= 4 is 46.4 Å². The fourth-order valence-electron chi connectivity index (χ4n) is 7.51. The van der Waals surface area contributed by atoms with Crippen molar-refractivity contribution in [2.45, 2.75) is 44.1 Å². The molecular formula is C35H45N4O12PS. The molecule has 4 aliphatic heterocycles. The maximum Gasteiger partial charge on any atom is 0.288 e. The van der Waals surface area contributed by atoms with Crippen molar-refractivity contribution in [1.29, 1.82) is 0 Å². The third-order valence-corrected chi connectivity index (χ3v) is 14.2. The normalized spacial score (nSPS) is 23.0. The van der Waals surface area contributed by atoms with E-state index in [4.69, 9.17) is 18.9 Å². The van der Waals surface area contributed by atoms with E-state index in [-0.39, 0.29) is 108 Å². The number of aliphatic hydroxyl groups is 1. The van der Waals surface area contributed by atoms with E-state index in [9.17, 15) is 37.0 Å². The first-order valence-electron chi connectivity index (χ1n) is 17.2. The zero-order valence-electron chi connectivity index (χ0n) is 30.0. The van der Waals surface area contributed by atoms with E-state index in [2.05, 4.69) is 17.2 Å². The molecule has 2 fully saturated rings. The number of amides is 3. The molecule has 2 unspecified atom stereocenters. The molecule has 4 N–H and O–H groups in total. The molecule has 4 aliphatic rings. The lowest BCUT2D eigenvalue weighted by Crippen LogP contribution is -2.47. The van der Waals surface area contributed by atoms with Crippen LogP contribution in [0.3, 0.4) is 0 Å². The zero-order chi connectivity index (χ0) is 38.5. The molecule has 2 aromatic carbocycles. The highest BCUT2D eigenvalue weighted by molar-refractivity contribution is 7.86. The van der Waals surface area contributed by atoms with Crippen molar-refractivity contribution in [2.75, 3.05) is 76.2 Å². The van der Waals surface area contributed by atoms with E-state index in [1.807, 2.05) is 13.8 Å². The van der Waals surface area contributed by atoms with Gasteiger partial charge < -0.3 is 49.1 Å². The number of aliphatic hydroxyl groups excluding tert-OH is 1. The van der Waals surface area contributed by atoms with Crippen LogP contribution in [0.2, 0.25) is 0 Å². The van der Waals surface area contributed by atoms with Gasteiger partial charge in [0.05, 0.1) is 63.1 Å². The van der Waals surface area contributed by atoms with Crippen LogP contribution in [0.4, 0.5) is 11.4 Å². The summed E-state index contributed by atoms with van der Waals surface area (Å²) in [7, 11) is -4.95. The van der Waals surface area contributed by atoms with Crippen LogP contribution < -0.4 is 29.6 Å². The number of ether oxygens (including phenoxy) is 4. The lowest BCUT2D eigenvalue weighted by molar-refractivity contribution is -0.119. The third-order valence-electron chi connectivity index (χ3n) is 10.2. The molecule has 18 heteroatoms. The minimum absolute atomic E-state index is 0.0187. The number of nitrogens with one attached hydrogen (secondary N) is 2. The van der Waals surface area contributed by atoms with Gasteiger partial charge in [0.25, 0.3) is 21.9 Å². The molecule has 4 heterocycles. The van der Waals surface area contributed by atoms with Gasteiger partial charge in [-0.2, -0.15) is 8.42 Å². The standard InChI is InChI=1S/C35H45N4O12PS/c1-20-12-25-31(41)36-23-15-29(27(48-4)13-21(23)33(42)38(25)18-20)50-7-10-52(44,9-6-40)11-8-51-30-16-24-22(14-28(30)49-5)34(43)39-19-35(2,3)17-26(39)32(37-24)53(45,46)47/h13-16,25-26,32,37,40H,1,6-12,17-19H2,2-5H3,(H,36,41)(H,45,46,47)/t25-,26-,32?,52?/m0/s1. The van der Waals surface area contributed by atoms with Crippen LogP contribution in [0.5, 0.6) is 23.0 Å². The van der Waals surface area contributed by atoms with Crippen LogP contribution in [-0.4, -0.2) is 129 Å². The fraction of sp³-hybridized carbons (Fsp3) is 0.514. The lowest BCUT2D eigenvalue weighted by Gasteiger charge is -2.26. The topological polar surface area (TPSA) is 210 Å². The number of benzene rings is 2. The smallest absolute Gasteiger partial charge is 0.288 e. The van der Waals surface area contributed by atoms with Crippen molar-refractivity contribution in [2.24, 2.45) is 5.41 Å². The van der Waals surface area contributed by atoms with Crippen LogP contribution in [0.25, 0.3) is 0 Å². The number of methoxy groups -OCH3 is 2. The highest BCUT2D eigenvalue weighted by Gasteiger charge is 2.50. The number of hydrogen-bond donors (Lipinski definition) is 4. The highest BCUT2D eigenvalue weighted by atomic mass is 32.2. The Balaban J connectivity index is 1.15. The number of fused-ring (bicyclic) bond motifs is 4. The largest absolute Gasteiger partial charge is 0.493 e. The molecule has 53 heavy (non-hydrogen) atoms. The Morgan fingerprint density at radius 1 is 0.906 bits per heavy atom. The van der Waals surface area contributed by atoms with Gasteiger partial charge in [0.2, 0.25) is 5.91 Å². The average Bonchev–Trinajstić information content (AvgIpc) is 3.59. The Kier molecular flexibility index (Phi) is 10.5. The highest BCUT2D eigenvalue weighted by Crippen LogP contribution is 2.47. The molecule has 4 atom stereocenters. The van der Waals surface area contributed by atoms with E-state index in [0.717, 1.165) is 5.57 Å². The Morgan fingerprint density at radius 2 is 1.47 bits per heavy atom. The molecule has 0 aromatic heterocycles. The monoisotopic (exact) mass is 776 g/mol. The molecule has 2 saturated heterocycles. The summed E-state index contributed by atoms with van der Waals surface area (Å²) in [5.74, 6) is -0.298. The molecule has 0 radical (unpaired) electrons. The molecule has 0 bridgehead atoms. The second-order valence-corrected chi connectivity index (χ2v) is 19.6. The number of nitrogens with zero attached hydrogens (tertiary/aromatic N) is 2. The summed E-state index contributed by atoms with van der Waals surface area (Å²) >= 11 is 0. The summed E-state index contributed by atoms with van der Waals surface area (Å²) in [6, 6.07) is 4.39. The van der Waals surface area contributed by atoms with Crippen molar-refractivity contribution in [3.05, 3.63) is 47.5 Å². The summed E-state index contributed by atoms with van der Waals surface area (Å²) in [6.07, 6.45) is 0.769. The van der Waals surface area contributed by atoms with Crippen LogP contribution >= 0.6 is 7.14 Å². The number of anilines is 2. The van der Waals surface area contributed by atoms with E-state index in [0.29, 0.717) is 19.4 Å². The first kappa shape index (κ1) is 38.4. The van der Waals surface area contributed by atoms with Crippen molar-refractivity contribution < 1.29 is 56.0 Å². The molecule has 16 nitrogen and oxygen atoms in total. The van der Waals surface area contributed by atoms with Crippen molar-refractivity contribution in [3.63, 3.8) is 0 Å². The number of carbonyl (C=O) groups excluding carboxylic acids is 3. The number of rotatable bonds is 13. The molecule has 0 spiro atoms. The molecule has 288 valence electrons. The average molecular weight is 777 g/mol. The minimum atomic E-state index is -4.64. The number of carbonyl (C=O) groups is 3. The van der Waals surface area contributed by atoms with Gasteiger partial charge in [-0.25, -0.2) is 0 Å². The second kappa shape index (κ2) is 14.5. The van der Waals surface area contributed by atoms with E-state index in [1.165, 1.54) is 48.3 Å². The summed E-state index contributed by atoms with van der Waals surface area (Å²) in [5.41, 5.74) is 1.20. The fourth-order valence-corrected chi connectivity index (χ4v) is 10.3. The van der Waals surface area contributed by atoms with Gasteiger partial charge in [-0.15, -0.1) is 0 Å². The van der Waals surface area contributed by atoms with Crippen molar-refractivity contribution in [3.8, 4) is 23.0 Å². The van der Waals surface area contributed by atoms with Gasteiger partial charge in [0.1, 0.15) is 6.04 Å². The molecule has 0 saturated carbocycles.